The first-order valence-corrected chi connectivity index (χ1v) is 7.20. The van der Waals surface area contributed by atoms with Crippen LogP contribution in [0.4, 0.5) is 6.01 Å². The SMILES string of the molecule is C=NC(=Nc1nc2ccccc2o1)NC(=O)/C=C/c1ccccc1. The molecule has 2 aromatic carbocycles. The number of rotatable bonds is 3. The summed E-state index contributed by atoms with van der Waals surface area (Å²) in [6, 6.07) is 16.8. The highest BCUT2D eigenvalue weighted by molar-refractivity contribution is 6.05. The van der Waals surface area contributed by atoms with Gasteiger partial charge in [0.2, 0.25) is 5.96 Å². The Bertz CT molecular complexity index is 893. The van der Waals surface area contributed by atoms with E-state index in [2.05, 4.69) is 27.0 Å². The van der Waals surface area contributed by atoms with Crippen molar-refractivity contribution in [3.8, 4) is 0 Å². The zero-order valence-corrected chi connectivity index (χ0v) is 12.7. The van der Waals surface area contributed by atoms with E-state index in [-0.39, 0.29) is 17.9 Å². The zero-order chi connectivity index (χ0) is 16.8. The Labute approximate surface area is 138 Å². The Hall–Kier alpha value is -3.54. The number of oxazole rings is 1. The largest absolute Gasteiger partial charge is 0.422 e. The van der Waals surface area contributed by atoms with Crippen LogP contribution in [0.2, 0.25) is 0 Å². The van der Waals surface area contributed by atoms with Crippen LogP contribution in [0.25, 0.3) is 17.2 Å². The molecule has 6 heteroatoms. The van der Waals surface area contributed by atoms with Gasteiger partial charge in [-0.05, 0) is 30.5 Å². The second-order valence-corrected chi connectivity index (χ2v) is 4.79. The van der Waals surface area contributed by atoms with Crippen molar-refractivity contribution in [2.75, 3.05) is 0 Å². The third-order valence-corrected chi connectivity index (χ3v) is 3.10. The molecule has 6 nitrogen and oxygen atoms in total. The molecule has 0 saturated carbocycles. The third kappa shape index (κ3) is 3.80. The van der Waals surface area contributed by atoms with Crippen molar-refractivity contribution in [3.63, 3.8) is 0 Å². The standard InChI is InChI=1S/C18H14N4O2/c1-19-17(21-16(23)12-11-13-7-3-2-4-8-13)22-18-20-14-9-5-6-10-15(14)24-18/h2-12H,1H2,(H,20,21,22,23)/b12-11+. The summed E-state index contributed by atoms with van der Waals surface area (Å²) in [5.41, 5.74) is 2.20. The normalized spacial score (nSPS) is 11.8. The molecule has 3 aromatic rings. The maximum absolute atomic E-state index is 11.9. The lowest BCUT2D eigenvalue weighted by Gasteiger charge is -1.99. The number of hydrogen-bond acceptors (Lipinski definition) is 4. The third-order valence-electron chi connectivity index (χ3n) is 3.10. The number of aromatic nitrogens is 1. The summed E-state index contributed by atoms with van der Waals surface area (Å²) in [4.78, 5) is 23.9. The van der Waals surface area contributed by atoms with Gasteiger partial charge in [0.05, 0.1) is 0 Å². The van der Waals surface area contributed by atoms with Crippen LogP contribution >= 0.6 is 0 Å². The van der Waals surface area contributed by atoms with Gasteiger partial charge in [-0.1, -0.05) is 42.5 Å². The molecule has 3 rings (SSSR count). The van der Waals surface area contributed by atoms with Gasteiger partial charge in [-0.15, -0.1) is 0 Å². The molecule has 1 amide bonds. The Morgan fingerprint density at radius 2 is 1.88 bits per heavy atom. The van der Waals surface area contributed by atoms with Crippen LogP contribution in [0, 0.1) is 0 Å². The number of guanidine groups is 1. The quantitative estimate of drug-likeness (QED) is 0.457. The van der Waals surface area contributed by atoms with E-state index >= 15 is 0 Å². The van der Waals surface area contributed by atoms with Gasteiger partial charge < -0.3 is 4.42 Å². The van der Waals surface area contributed by atoms with Gasteiger partial charge in [0, 0.05) is 6.08 Å². The molecular formula is C18H14N4O2. The number of amides is 1. The Morgan fingerprint density at radius 3 is 2.62 bits per heavy atom. The van der Waals surface area contributed by atoms with E-state index in [0.29, 0.717) is 11.1 Å². The molecule has 0 spiro atoms. The van der Waals surface area contributed by atoms with Crippen molar-refractivity contribution < 1.29 is 9.21 Å². The van der Waals surface area contributed by atoms with E-state index in [9.17, 15) is 4.79 Å². The topological polar surface area (TPSA) is 79.8 Å². The second kappa shape index (κ2) is 7.15. The van der Waals surface area contributed by atoms with Gasteiger partial charge in [0.15, 0.2) is 5.58 Å². The van der Waals surface area contributed by atoms with Crippen LogP contribution in [-0.2, 0) is 4.79 Å². The molecule has 0 aliphatic rings. The Morgan fingerprint density at radius 1 is 1.12 bits per heavy atom. The highest BCUT2D eigenvalue weighted by Crippen LogP contribution is 2.20. The van der Waals surface area contributed by atoms with Crippen molar-refractivity contribution in [2.45, 2.75) is 0 Å². The first kappa shape index (κ1) is 15.4. The lowest BCUT2D eigenvalue weighted by atomic mass is 10.2. The van der Waals surface area contributed by atoms with Gasteiger partial charge in [0.1, 0.15) is 5.52 Å². The molecule has 0 aliphatic heterocycles. The molecule has 1 heterocycles. The molecule has 0 fully saturated rings. The summed E-state index contributed by atoms with van der Waals surface area (Å²) in [7, 11) is 0. The lowest BCUT2D eigenvalue weighted by Crippen LogP contribution is -2.27. The molecule has 1 N–H and O–H groups in total. The van der Waals surface area contributed by atoms with Crippen LogP contribution in [0.1, 0.15) is 5.56 Å². The smallest absolute Gasteiger partial charge is 0.326 e. The Balaban J connectivity index is 1.72. The van der Waals surface area contributed by atoms with Gasteiger partial charge >= 0.3 is 6.01 Å². The average molecular weight is 318 g/mol. The van der Waals surface area contributed by atoms with E-state index in [1.165, 1.54) is 6.08 Å². The molecule has 0 radical (unpaired) electrons. The number of carbonyl (C=O) groups is 1. The molecule has 24 heavy (non-hydrogen) atoms. The minimum absolute atomic E-state index is 0.0178. The van der Waals surface area contributed by atoms with Crippen LogP contribution < -0.4 is 5.32 Å². The van der Waals surface area contributed by atoms with Gasteiger partial charge in [-0.2, -0.15) is 9.98 Å². The van der Waals surface area contributed by atoms with E-state index in [1.54, 1.807) is 18.2 Å². The minimum atomic E-state index is -0.374. The van der Waals surface area contributed by atoms with Crippen molar-refractivity contribution in [3.05, 3.63) is 66.2 Å². The maximum Gasteiger partial charge on any atom is 0.326 e. The summed E-state index contributed by atoms with van der Waals surface area (Å²) in [5.74, 6) is -0.356. The number of benzene rings is 2. The minimum Gasteiger partial charge on any atom is -0.422 e. The van der Waals surface area contributed by atoms with Gasteiger partial charge in [0.25, 0.3) is 5.91 Å². The molecule has 0 atom stereocenters. The zero-order valence-electron chi connectivity index (χ0n) is 12.7. The van der Waals surface area contributed by atoms with Crippen molar-refractivity contribution in [1.29, 1.82) is 0 Å². The number of hydrogen-bond donors (Lipinski definition) is 1. The molecule has 0 saturated heterocycles. The lowest BCUT2D eigenvalue weighted by molar-refractivity contribution is -0.115. The number of fused-ring (bicyclic) bond motifs is 1. The summed E-state index contributed by atoms with van der Waals surface area (Å²) < 4.78 is 5.46. The molecule has 118 valence electrons. The number of para-hydroxylation sites is 2. The number of nitrogens with zero attached hydrogens (tertiary/aromatic N) is 3. The van der Waals surface area contributed by atoms with E-state index in [1.807, 2.05) is 42.5 Å². The predicted octanol–water partition coefficient (Wildman–Crippen LogP) is 3.35. The first-order chi connectivity index (χ1) is 11.7. The van der Waals surface area contributed by atoms with Crippen LogP contribution in [0.15, 0.2) is 75.1 Å². The van der Waals surface area contributed by atoms with E-state index in [4.69, 9.17) is 4.42 Å². The number of nitrogens with one attached hydrogen (secondary N) is 1. The molecule has 0 unspecified atom stereocenters. The summed E-state index contributed by atoms with van der Waals surface area (Å²) in [6.07, 6.45) is 3.08. The Kier molecular flexibility index (Phi) is 4.57. The number of carbonyl (C=O) groups excluding carboxylic acids is 1. The van der Waals surface area contributed by atoms with E-state index in [0.717, 1.165) is 5.56 Å². The fourth-order valence-electron chi connectivity index (χ4n) is 1.99. The summed E-state index contributed by atoms with van der Waals surface area (Å²) >= 11 is 0. The van der Waals surface area contributed by atoms with Crippen molar-refractivity contribution in [2.24, 2.45) is 9.98 Å². The summed E-state index contributed by atoms with van der Waals surface area (Å²) in [6.45, 7) is 3.39. The molecule has 0 bridgehead atoms. The number of aliphatic imine (C=N–C) groups is 2. The monoisotopic (exact) mass is 318 g/mol. The first-order valence-electron chi connectivity index (χ1n) is 7.20. The van der Waals surface area contributed by atoms with Crippen LogP contribution in [0.3, 0.4) is 0 Å². The predicted molar refractivity (Wildman–Crippen MR) is 94.3 cm³/mol. The second-order valence-electron chi connectivity index (χ2n) is 4.79. The van der Waals surface area contributed by atoms with Crippen molar-refractivity contribution >= 4 is 41.8 Å². The highest BCUT2D eigenvalue weighted by atomic mass is 16.4. The molecule has 0 aliphatic carbocycles. The van der Waals surface area contributed by atoms with Gasteiger partial charge in [-0.25, -0.2) is 4.99 Å². The van der Waals surface area contributed by atoms with Crippen LogP contribution in [-0.4, -0.2) is 23.6 Å². The maximum atomic E-state index is 11.9. The molecular weight excluding hydrogens is 304 g/mol. The van der Waals surface area contributed by atoms with Crippen LogP contribution in [0.5, 0.6) is 0 Å². The van der Waals surface area contributed by atoms with E-state index < -0.39 is 0 Å². The fraction of sp³-hybridized carbons (Fsp3) is 0. The summed E-state index contributed by atoms with van der Waals surface area (Å²) in [5, 5.41) is 2.52. The fourth-order valence-corrected chi connectivity index (χ4v) is 1.99. The van der Waals surface area contributed by atoms with Crippen molar-refractivity contribution in [1.82, 2.24) is 10.3 Å². The van der Waals surface area contributed by atoms with Gasteiger partial charge in [-0.3, -0.25) is 10.1 Å². The molecule has 1 aromatic heterocycles. The highest BCUT2D eigenvalue weighted by Gasteiger charge is 2.06. The average Bonchev–Trinajstić information content (AvgIpc) is 3.02.